The highest BCUT2D eigenvalue weighted by Crippen LogP contribution is 2.12. The van der Waals surface area contributed by atoms with Crippen molar-refractivity contribution >= 4 is 5.97 Å². The van der Waals surface area contributed by atoms with Gasteiger partial charge in [-0.25, -0.2) is 9.18 Å². The SMILES string of the molecule is CC(C)CC(C)NCc1cc(C(=O)O)ccc1F. The molecule has 1 atom stereocenters. The molecule has 0 saturated heterocycles. The van der Waals surface area contributed by atoms with E-state index in [-0.39, 0.29) is 17.4 Å². The first-order valence-electron chi connectivity index (χ1n) is 6.15. The molecule has 0 aliphatic carbocycles. The predicted octanol–water partition coefficient (Wildman–Crippen LogP) is 3.05. The molecule has 4 heteroatoms. The highest BCUT2D eigenvalue weighted by atomic mass is 19.1. The van der Waals surface area contributed by atoms with Crippen LogP contribution in [0.3, 0.4) is 0 Å². The molecular weight excluding hydrogens is 233 g/mol. The number of halogens is 1. The van der Waals surface area contributed by atoms with Gasteiger partial charge in [-0.05, 0) is 37.5 Å². The number of carboxylic acid groups (broad SMARTS) is 1. The molecule has 0 fully saturated rings. The molecule has 2 N–H and O–H groups in total. The van der Waals surface area contributed by atoms with Crippen LogP contribution in [0.15, 0.2) is 18.2 Å². The molecule has 0 amide bonds. The fourth-order valence-corrected chi connectivity index (χ4v) is 1.92. The van der Waals surface area contributed by atoms with Crippen LogP contribution >= 0.6 is 0 Å². The molecule has 0 aliphatic heterocycles. The van der Waals surface area contributed by atoms with E-state index >= 15 is 0 Å². The van der Waals surface area contributed by atoms with Crippen molar-refractivity contribution in [2.24, 2.45) is 5.92 Å². The zero-order valence-electron chi connectivity index (χ0n) is 11.0. The molecule has 1 aromatic rings. The van der Waals surface area contributed by atoms with E-state index < -0.39 is 5.97 Å². The minimum Gasteiger partial charge on any atom is -0.478 e. The lowest BCUT2D eigenvalue weighted by Gasteiger charge is -2.16. The number of hydrogen-bond acceptors (Lipinski definition) is 2. The third-order valence-electron chi connectivity index (χ3n) is 2.76. The highest BCUT2D eigenvalue weighted by Gasteiger charge is 2.10. The molecule has 18 heavy (non-hydrogen) atoms. The van der Waals surface area contributed by atoms with Crippen molar-refractivity contribution < 1.29 is 14.3 Å². The summed E-state index contributed by atoms with van der Waals surface area (Å²) in [6, 6.07) is 4.14. The summed E-state index contributed by atoms with van der Waals surface area (Å²) < 4.78 is 13.5. The summed E-state index contributed by atoms with van der Waals surface area (Å²) in [5.74, 6) is -0.835. The van der Waals surface area contributed by atoms with Gasteiger partial charge in [-0.2, -0.15) is 0 Å². The molecule has 0 heterocycles. The summed E-state index contributed by atoms with van der Waals surface area (Å²) >= 11 is 0. The normalized spacial score (nSPS) is 12.7. The van der Waals surface area contributed by atoms with Crippen molar-refractivity contribution in [2.75, 3.05) is 0 Å². The van der Waals surface area contributed by atoms with E-state index in [1.807, 2.05) is 6.92 Å². The van der Waals surface area contributed by atoms with Crippen molar-refractivity contribution in [2.45, 2.75) is 39.8 Å². The van der Waals surface area contributed by atoms with Crippen LogP contribution in [0.4, 0.5) is 4.39 Å². The average Bonchev–Trinajstić information content (AvgIpc) is 2.26. The van der Waals surface area contributed by atoms with E-state index in [1.165, 1.54) is 18.2 Å². The topological polar surface area (TPSA) is 49.3 Å². The van der Waals surface area contributed by atoms with Crippen molar-refractivity contribution in [3.05, 3.63) is 35.1 Å². The predicted molar refractivity (Wildman–Crippen MR) is 69.1 cm³/mol. The highest BCUT2D eigenvalue weighted by molar-refractivity contribution is 5.87. The second-order valence-electron chi connectivity index (χ2n) is 5.02. The standard InChI is InChI=1S/C14H20FNO2/c1-9(2)6-10(3)16-8-12-7-11(14(17)18)4-5-13(12)15/h4-5,7,9-10,16H,6,8H2,1-3H3,(H,17,18). The maximum atomic E-state index is 13.5. The van der Waals surface area contributed by atoms with Crippen LogP contribution in [-0.2, 0) is 6.54 Å². The lowest BCUT2D eigenvalue weighted by molar-refractivity contribution is 0.0696. The van der Waals surface area contributed by atoms with Gasteiger partial charge in [0.1, 0.15) is 5.82 Å². The monoisotopic (exact) mass is 253 g/mol. The number of carbonyl (C=O) groups is 1. The number of carboxylic acids is 1. The summed E-state index contributed by atoms with van der Waals surface area (Å²) in [6.07, 6.45) is 1.00. The summed E-state index contributed by atoms with van der Waals surface area (Å²) in [7, 11) is 0. The van der Waals surface area contributed by atoms with Gasteiger partial charge in [0, 0.05) is 18.2 Å². The van der Waals surface area contributed by atoms with E-state index in [4.69, 9.17) is 5.11 Å². The van der Waals surface area contributed by atoms with Crippen LogP contribution in [0, 0.1) is 11.7 Å². The van der Waals surface area contributed by atoms with Crippen LogP contribution in [0.2, 0.25) is 0 Å². The lowest BCUT2D eigenvalue weighted by Crippen LogP contribution is -2.27. The van der Waals surface area contributed by atoms with Gasteiger partial charge in [0.25, 0.3) is 0 Å². The molecule has 0 radical (unpaired) electrons. The fourth-order valence-electron chi connectivity index (χ4n) is 1.92. The maximum Gasteiger partial charge on any atom is 0.335 e. The van der Waals surface area contributed by atoms with Crippen LogP contribution in [0.25, 0.3) is 0 Å². The zero-order valence-corrected chi connectivity index (χ0v) is 11.0. The van der Waals surface area contributed by atoms with Gasteiger partial charge in [-0.15, -0.1) is 0 Å². The lowest BCUT2D eigenvalue weighted by atomic mass is 10.0. The number of nitrogens with one attached hydrogen (secondary N) is 1. The Labute approximate surface area is 107 Å². The van der Waals surface area contributed by atoms with Crippen molar-refractivity contribution in [1.82, 2.24) is 5.32 Å². The molecule has 0 saturated carbocycles. The molecule has 1 aromatic carbocycles. The van der Waals surface area contributed by atoms with Gasteiger partial charge in [0.15, 0.2) is 0 Å². The van der Waals surface area contributed by atoms with Gasteiger partial charge in [-0.3, -0.25) is 0 Å². The Morgan fingerprint density at radius 2 is 2.06 bits per heavy atom. The molecule has 3 nitrogen and oxygen atoms in total. The smallest absolute Gasteiger partial charge is 0.335 e. The summed E-state index contributed by atoms with van der Waals surface area (Å²) in [6.45, 7) is 6.65. The van der Waals surface area contributed by atoms with Gasteiger partial charge < -0.3 is 10.4 Å². The number of hydrogen-bond donors (Lipinski definition) is 2. The first-order chi connectivity index (χ1) is 8.40. The second kappa shape index (κ2) is 6.50. The Balaban J connectivity index is 2.66. The van der Waals surface area contributed by atoms with Crippen LogP contribution in [-0.4, -0.2) is 17.1 Å². The molecule has 0 spiro atoms. The van der Waals surface area contributed by atoms with E-state index in [9.17, 15) is 9.18 Å². The molecule has 0 aromatic heterocycles. The molecule has 0 aliphatic rings. The van der Waals surface area contributed by atoms with E-state index in [0.29, 0.717) is 18.0 Å². The second-order valence-corrected chi connectivity index (χ2v) is 5.02. The van der Waals surface area contributed by atoms with Crippen molar-refractivity contribution in [3.63, 3.8) is 0 Å². The maximum absolute atomic E-state index is 13.5. The molecular formula is C14H20FNO2. The number of rotatable bonds is 6. The summed E-state index contributed by atoms with van der Waals surface area (Å²) in [5.41, 5.74) is 0.509. The Bertz CT molecular complexity index is 418. The van der Waals surface area contributed by atoms with Gasteiger partial charge >= 0.3 is 5.97 Å². The summed E-state index contributed by atoms with van der Waals surface area (Å²) in [5, 5.41) is 12.1. The largest absolute Gasteiger partial charge is 0.478 e. The first-order valence-corrected chi connectivity index (χ1v) is 6.15. The fraction of sp³-hybridized carbons (Fsp3) is 0.500. The Morgan fingerprint density at radius 1 is 1.39 bits per heavy atom. The molecule has 0 bridgehead atoms. The van der Waals surface area contributed by atoms with Gasteiger partial charge in [0.2, 0.25) is 0 Å². The minimum absolute atomic E-state index is 0.115. The molecule has 1 unspecified atom stereocenters. The Hall–Kier alpha value is -1.42. The first kappa shape index (κ1) is 14.6. The molecule has 1 rings (SSSR count). The Kier molecular flexibility index (Phi) is 5.28. The van der Waals surface area contributed by atoms with E-state index in [2.05, 4.69) is 19.2 Å². The van der Waals surface area contributed by atoms with Gasteiger partial charge in [0.05, 0.1) is 5.56 Å². The quantitative estimate of drug-likeness (QED) is 0.819. The average molecular weight is 253 g/mol. The molecule has 100 valence electrons. The zero-order chi connectivity index (χ0) is 13.7. The number of aromatic carboxylic acids is 1. The van der Waals surface area contributed by atoms with Crippen molar-refractivity contribution in [1.29, 1.82) is 0 Å². The van der Waals surface area contributed by atoms with Crippen LogP contribution < -0.4 is 5.32 Å². The van der Waals surface area contributed by atoms with Crippen LogP contribution in [0.5, 0.6) is 0 Å². The Morgan fingerprint density at radius 3 is 2.61 bits per heavy atom. The van der Waals surface area contributed by atoms with E-state index in [1.54, 1.807) is 0 Å². The summed E-state index contributed by atoms with van der Waals surface area (Å²) in [4.78, 5) is 10.8. The van der Waals surface area contributed by atoms with Gasteiger partial charge in [-0.1, -0.05) is 13.8 Å². The van der Waals surface area contributed by atoms with Crippen molar-refractivity contribution in [3.8, 4) is 0 Å². The van der Waals surface area contributed by atoms with E-state index in [0.717, 1.165) is 6.42 Å². The minimum atomic E-state index is -1.04. The van der Waals surface area contributed by atoms with Crippen LogP contribution in [0.1, 0.15) is 43.1 Å². The third kappa shape index (κ3) is 4.45. The third-order valence-corrected chi connectivity index (χ3v) is 2.76. The number of benzene rings is 1.